The fourth-order valence-electron chi connectivity index (χ4n) is 2.45. The Morgan fingerprint density at radius 3 is 2.90 bits per heavy atom. The number of amides is 1. The quantitative estimate of drug-likeness (QED) is 0.612. The van der Waals surface area contributed by atoms with Crippen LogP contribution in [0.3, 0.4) is 0 Å². The topological polar surface area (TPSA) is 87.4 Å². The van der Waals surface area contributed by atoms with Crippen LogP contribution in [0.2, 0.25) is 0 Å². The molecule has 1 aliphatic rings. The van der Waals surface area contributed by atoms with E-state index in [2.05, 4.69) is 22.3 Å². The van der Waals surface area contributed by atoms with Gasteiger partial charge < -0.3 is 15.2 Å². The van der Waals surface area contributed by atoms with E-state index in [0.717, 1.165) is 43.7 Å². The van der Waals surface area contributed by atoms with Crippen LogP contribution in [0.15, 0.2) is 6.33 Å². The number of aromatic nitrogens is 2. The summed E-state index contributed by atoms with van der Waals surface area (Å²) in [5.74, 6) is 7.10. The molecule has 0 spiro atoms. The highest BCUT2D eigenvalue weighted by Crippen LogP contribution is 2.25. The molecule has 1 aromatic rings. The van der Waals surface area contributed by atoms with Gasteiger partial charge in [-0.1, -0.05) is 13.3 Å². The van der Waals surface area contributed by atoms with Crippen LogP contribution in [-0.4, -0.2) is 47.5 Å². The molecular formula is C13H22N6O. The number of nitrogens with zero attached hydrogens (tertiary/aromatic N) is 4. The third kappa shape index (κ3) is 2.98. The zero-order valence-corrected chi connectivity index (χ0v) is 12.1. The van der Waals surface area contributed by atoms with E-state index in [-0.39, 0.29) is 5.91 Å². The maximum atomic E-state index is 12.0. The Hall–Kier alpha value is -1.89. The van der Waals surface area contributed by atoms with Crippen LogP contribution in [0.1, 0.15) is 25.3 Å². The average molecular weight is 278 g/mol. The maximum absolute atomic E-state index is 12.0. The summed E-state index contributed by atoms with van der Waals surface area (Å²) in [4.78, 5) is 24.4. The predicted molar refractivity (Wildman–Crippen MR) is 78.3 cm³/mol. The molecule has 0 aliphatic carbocycles. The van der Waals surface area contributed by atoms with Gasteiger partial charge in [0.05, 0.1) is 6.54 Å². The average Bonchev–Trinajstić information content (AvgIpc) is 2.62. The number of likely N-dealkylation sites (N-methyl/N-ethyl adjacent to an activating group) is 1. The van der Waals surface area contributed by atoms with Gasteiger partial charge in [-0.15, -0.1) is 0 Å². The summed E-state index contributed by atoms with van der Waals surface area (Å²) in [5, 5.41) is 0. The zero-order chi connectivity index (χ0) is 14.5. The maximum Gasteiger partial charge on any atom is 0.241 e. The number of hydrogen-bond donors (Lipinski definition) is 2. The molecule has 7 heteroatoms. The lowest BCUT2D eigenvalue weighted by Gasteiger charge is -2.24. The van der Waals surface area contributed by atoms with Crippen molar-refractivity contribution < 1.29 is 4.79 Å². The first kappa shape index (κ1) is 14.5. The minimum absolute atomic E-state index is 0.116. The van der Waals surface area contributed by atoms with E-state index < -0.39 is 0 Å². The Kier molecular flexibility index (Phi) is 4.73. The Morgan fingerprint density at radius 2 is 2.20 bits per heavy atom. The summed E-state index contributed by atoms with van der Waals surface area (Å²) in [6, 6.07) is 0. The van der Waals surface area contributed by atoms with E-state index in [1.807, 2.05) is 11.9 Å². The molecule has 1 aliphatic heterocycles. The largest absolute Gasteiger partial charge is 0.347 e. The molecule has 0 saturated carbocycles. The van der Waals surface area contributed by atoms with Gasteiger partial charge in [0.1, 0.15) is 18.0 Å². The van der Waals surface area contributed by atoms with Gasteiger partial charge in [0.25, 0.3) is 0 Å². The molecule has 0 bridgehead atoms. The molecule has 3 N–H and O–H groups in total. The minimum atomic E-state index is 0.116. The third-order valence-electron chi connectivity index (χ3n) is 3.53. The number of hydrazine groups is 1. The second kappa shape index (κ2) is 6.51. The zero-order valence-electron chi connectivity index (χ0n) is 12.1. The summed E-state index contributed by atoms with van der Waals surface area (Å²) < 4.78 is 0. The Balaban J connectivity index is 2.33. The van der Waals surface area contributed by atoms with Crippen LogP contribution < -0.4 is 16.2 Å². The van der Waals surface area contributed by atoms with Crippen molar-refractivity contribution in [3.05, 3.63) is 11.9 Å². The number of hydrogen-bond acceptors (Lipinski definition) is 6. The van der Waals surface area contributed by atoms with Crippen LogP contribution in [-0.2, 0) is 11.2 Å². The number of nitrogens with one attached hydrogen (secondary N) is 1. The van der Waals surface area contributed by atoms with Gasteiger partial charge in [-0.25, -0.2) is 15.8 Å². The highest BCUT2D eigenvalue weighted by Gasteiger charge is 2.23. The standard InChI is InChI=1S/C13H22N6O/c1-3-5-10-12(17-14)15-9-16-13(10)19-7-4-6-18(2)11(20)8-19/h9H,3-8,14H2,1-2H3,(H,15,16,17). The molecule has 1 saturated heterocycles. The normalized spacial score (nSPS) is 16.2. The third-order valence-corrected chi connectivity index (χ3v) is 3.53. The lowest BCUT2D eigenvalue weighted by Crippen LogP contribution is -2.35. The van der Waals surface area contributed by atoms with E-state index >= 15 is 0 Å². The van der Waals surface area contributed by atoms with Crippen molar-refractivity contribution >= 4 is 17.5 Å². The molecule has 2 rings (SSSR count). The van der Waals surface area contributed by atoms with Crippen LogP contribution in [0, 0.1) is 0 Å². The molecule has 2 heterocycles. The van der Waals surface area contributed by atoms with Gasteiger partial charge in [-0.3, -0.25) is 4.79 Å². The van der Waals surface area contributed by atoms with Crippen LogP contribution in [0.25, 0.3) is 0 Å². The van der Waals surface area contributed by atoms with E-state index in [1.165, 1.54) is 6.33 Å². The molecule has 1 amide bonds. The lowest BCUT2D eigenvalue weighted by atomic mass is 10.1. The Labute approximate surface area is 119 Å². The van der Waals surface area contributed by atoms with Gasteiger partial charge >= 0.3 is 0 Å². The van der Waals surface area contributed by atoms with Crippen molar-refractivity contribution in [3.63, 3.8) is 0 Å². The number of carbonyl (C=O) groups excluding carboxylic acids is 1. The molecular weight excluding hydrogens is 256 g/mol. The number of anilines is 2. The molecule has 1 fully saturated rings. The van der Waals surface area contributed by atoms with E-state index in [9.17, 15) is 4.79 Å². The van der Waals surface area contributed by atoms with Gasteiger partial charge in [-0.05, 0) is 12.8 Å². The van der Waals surface area contributed by atoms with Crippen LogP contribution in [0.4, 0.5) is 11.6 Å². The van der Waals surface area contributed by atoms with Crippen molar-refractivity contribution in [2.24, 2.45) is 5.84 Å². The summed E-state index contributed by atoms with van der Waals surface area (Å²) in [7, 11) is 1.84. The lowest BCUT2D eigenvalue weighted by molar-refractivity contribution is -0.127. The Bertz CT molecular complexity index is 478. The van der Waals surface area contributed by atoms with Crippen molar-refractivity contribution in [3.8, 4) is 0 Å². The molecule has 110 valence electrons. The van der Waals surface area contributed by atoms with Gasteiger partial charge in [0.2, 0.25) is 5.91 Å². The molecule has 0 aromatic carbocycles. The summed E-state index contributed by atoms with van der Waals surface area (Å²) in [5.41, 5.74) is 3.60. The first-order chi connectivity index (χ1) is 9.67. The molecule has 0 atom stereocenters. The highest BCUT2D eigenvalue weighted by molar-refractivity contribution is 5.82. The number of carbonyl (C=O) groups is 1. The van der Waals surface area contributed by atoms with Crippen molar-refractivity contribution in [2.45, 2.75) is 26.2 Å². The van der Waals surface area contributed by atoms with Crippen LogP contribution in [0.5, 0.6) is 0 Å². The Morgan fingerprint density at radius 1 is 1.40 bits per heavy atom. The van der Waals surface area contributed by atoms with Crippen molar-refractivity contribution in [1.29, 1.82) is 0 Å². The fourth-order valence-corrected chi connectivity index (χ4v) is 2.45. The molecule has 20 heavy (non-hydrogen) atoms. The molecule has 7 nitrogen and oxygen atoms in total. The van der Waals surface area contributed by atoms with E-state index in [1.54, 1.807) is 4.90 Å². The van der Waals surface area contributed by atoms with Crippen molar-refractivity contribution in [1.82, 2.24) is 14.9 Å². The fraction of sp³-hybridized carbons (Fsp3) is 0.615. The second-order valence-electron chi connectivity index (χ2n) is 5.01. The summed E-state index contributed by atoms with van der Waals surface area (Å²) in [6.45, 7) is 4.05. The summed E-state index contributed by atoms with van der Waals surface area (Å²) in [6.07, 6.45) is 4.22. The second-order valence-corrected chi connectivity index (χ2v) is 5.01. The molecule has 1 aromatic heterocycles. The number of rotatable bonds is 4. The van der Waals surface area contributed by atoms with Gasteiger partial charge in [-0.2, -0.15) is 0 Å². The minimum Gasteiger partial charge on any atom is -0.347 e. The molecule has 0 unspecified atom stereocenters. The number of nitrogen functional groups attached to an aromatic ring is 1. The first-order valence-electron chi connectivity index (χ1n) is 6.96. The monoisotopic (exact) mass is 278 g/mol. The smallest absolute Gasteiger partial charge is 0.241 e. The summed E-state index contributed by atoms with van der Waals surface area (Å²) >= 11 is 0. The van der Waals surface area contributed by atoms with Crippen molar-refractivity contribution in [2.75, 3.05) is 37.0 Å². The number of nitrogens with two attached hydrogens (primary N) is 1. The molecule has 0 radical (unpaired) electrons. The van der Waals surface area contributed by atoms with E-state index in [0.29, 0.717) is 12.4 Å². The highest BCUT2D eigenvalue weighted by atomic mass is 16.2. The predicted octanol–water partition coefficient (Wildman–Crippen LogP) is 0.383. The van der Waals surface area contributed by atoms with E-state index in [4.69, 9.17) is 5.84 Å². The van der Waals surface area contributed by atoms with Gasteiger partial charge in [0, 0.05) is 25.7 Å². The first-order valence-corrected chi connectivity index (χ1v) is 6.96. The van der Waals surface area contributed by atoms with Gasteiger partial charge in [0.15, 0.2) is 0 Å². The van der Waals surface area contributed by atoms with Crippen LogP contribution >= 0.6 is 0 Å². The SMILES string of the molecule is CCCc1c(NN)ncnc1N1CCCN(C)C(=O)C1.